The maximum absolute atomic E-state index is 10.8. The fraction of sp³-hybridized carbons (Fsp3) is 0.154. The molecule has 0 aliphatic heterocycles. The van der Waals surface area contributed by atoms with Crippen molar-refractivity contribution in [3.63, 3.8) is 0 Å². The molecule has 1 aromatic carbocycles. The molecular weight excluding hydrogens is 188 g/mol. The predicted molar refractivity (Wildman–Crippen MR) is 61.0 cm³/mol. The van der Waals surface area contributed by atoms with Crippen LogP contribution in [-0.2, 0) is 0 Å². The van der Waals surface area contributed by atoms with Crippen LogP contribution in [0.15, 0.2) is 18.2 Å². The minimum Gasteiger partial charge on any atom is -0.495 e. The van der Waals surface area contributed by atoms with Gasteiger partial charge in [0.1, 0.15) is 5.75 Å². The predicted octanol–water partition coefficient (Wildman–Crippen LogP) is 2.52. The topological polar surface area (TPSA) is 26.3 Å². The number of rotatable bonds is 3. The second-order valence-corrected chi connectivity index (χ2v) is 2.91. The van der Waals surface area contributed by atoms with Crippen LogP contribution in [0, 0.1) is 12.3 Å². The molecule has 2 nitrogen and oxygen atoms in total. The van der Waals surface area contributed by atoms with E-state index in [9.17, 15) is 4.79 Å². The third-order valence-electron chi connectivity index (χ3n) is 2.05. The van der Waals surface area contributed by atoms with Gasteiger partial charge in [-0.05, 0) is 19.1 Å². The van der Waals surface area contributed by atoms with Gasteiger partial charge >= 0.3 is 0 Å². The van der Waals surface area contributed by atoms with Crippen LogP contribution in [0.3, 0.4) is 0 Å². The summed E-state index contributed by atoms with van der Waals surface area (Å²) in [7, 11) is 1.52. The number of aldehydes is 1. The molecule has 2 heteroatoms. The Balaban J connectivity index is 3.52. The van der Waals surface area contributed by atoms with Crippen molar-refractivity contribution in [1.29, 1.82) is 0 Å². The number of benzene rings is 1. The van der Waals surface area contributed by atoms with Crippen molar-refractivity contribution in [2.75, 3.05) is 7.11 Å². The van der Waals surface area contributed by atoms with Crippen molar-refractivity contribution in [2.45, 2.75) is 6.92 Å². The molecule has 76 valence electrons. The first-order valence-electron chi connectivity index (χ1n) is 4.54. The molecule has 0 N–H and O–H groups in total. The molecule has 0 aromatic heterocycles. The Morgan fingerprint density at radius 1 is 1.47 bits per heavy atom. The average Bonchev–Trinajstić information content (AvgIpc) is 2.28. The van der Waals surface area contributed by atoms with E-state index in [-0.39, 0.29) is 0 Å². The van der Waals surface area contributed by atoms with Crippen molar-refractivity contribution in [3.05, 3.63) is 34.9 Å². The van der Waals surface area contributed by atoms with Crippen LogP contribution < -0.4 is 4.74 Å². The van der Waals surface area contributed by atoms with Gasteiger partial charge < -0.3 is 4.74 Å². The number of allylic oxidation sites excluding steroid dienone is 1. The minimum absolute atomic E-state index is 0.504. The standard InChI is InChI=1S/C13H12O2/c1-4-6-12-10(5-2)7-8-11(9-14)13(12)15-3/h2,4,6-9H,1,3H3/b6-4-. The second kappa shape index (κ2) is 5.02. The first kappa shape index (κ1) is 11.1. The van der Waals surface area contributed by atoms with Gasteiger partial charge in [0.15, 0.2) is 6.29 Å². The zero-order chi connectivity index (χ0) is 11.3. The third kappa shape index (κ3) is 2.08. The van der Waals surface area contributed by atoms with E-state index in [0.717, 1.165) is 17.4 Å². The van der Waals surface area contributed by atoms with Gasteiger partial charge in [-0.25, -0.2) is 0 Å². The zero-order valence-electron chi connectivity index (χ0n) is 8.78. The summed E-state index contributed by atoms with van der Waals surface area (Å²) in [6, 6.07) is 3.40. The molecule has 0 bridgehead atoms. The summed E-state index contributed by atoms with van der Waals surface area (Å²) in [5, 5.41) is 0. The number of carbonyl (C=O) groups excluding carboxylic acids is 1. The Bertz CT molecular complexity index is 437. The first-order chi connectivity index (χ1) is 7.28. The van der Waals surface area contributed by atoms with Gasteiger partial charge in [0.2, 0.25) is 0 Å². The molecule has 0 fully saturated rings. The third-order valence-corrected chi connectivity index (χ3v) is 2.05. The Kier molecular flexibility index (Phi) is 3.70. The lowest BCUT2D eigenvalue weighted by Crippen LogP contribution is -1.96. The van der Waals surface area contributed by atoms with E-state index < -0.39 is 0 Å². The molecule has 0 spiro atoms. The highest BCUT2D eigenvalue weighted by molar-refractivity contribution is 5.84. The fourth-order valence-corrected chi connectivity index (χ4v) is 1.40. The lowest BCUT2D eigenvalue weighted by molar-refractivity contribution is 0.112. The lowest BCUT2D eigenvalue weighted by Gasteiger charge is -2.09. The maximum atomic E-state index is 10.8. The molecule has 0 amide bonds. The summed E-state index contributed by atoms with van der Waals surface area (Å²) in [5.74, 6) is 3.09. The summed E-state index contributed by atoms with van der Waals surface area (Å²) in [6.07, 6.45) is 9.81. The molecule has 15 heavy (non-hydrogen) atoms. The molecule has 0 aliphatic rings. The van der Waals surface area contributed by atoms with Gasteiger partial charge in [-0.1, -0.05) is 18.1 Å². The van der Waals surface area contributed by atoms with Crippen molar-refractivity contribution in [2.24, 2.45) is 0 Å². The molecule has 1 rings (SSSR count). The molecule has 0 atom stereocenters. The van der Waals surface area contributed by atoms with E-state index in [1.165, 1.54) is 7.11 Å². The quantitative estimate of drug-likeness (QED) is 0.553. The van der Waals surface area contributed by atoms with E-state index in [1.54, 1.807) is 12.1 Å². The Hall–Kier alpha value is -2.01. The van der Waals surface area contributed by atoms with E-state index >= 15 is 0 Å². The lowest BCUT2D eigenvalue weighted by atomic mass is 10.0. The van der Waals surface area contributed by atoms with E-state index in [4.69, 9.17) is 11.2 Å². The van der Waals surface area contributed by atoms with Gasteiger partial charge in [0.25, 0.3) is 0 Å². The number of terminal acetylenes is 1. The highest BCUT2D eigenvalue weighted by Gasteiger charge is 2.09. The Labute approximate surface area is 89.6 Å². The van der Waals surface area contributed by atoms with Crippen molar-refractivity contribution < 1.29 is 9.53 Å². The van der Waals surface area contributed by atoms with Gasteiger partial charge in [-0.2, -0.15) is 0 Å². The molecule has 0 saturated heterocycles. The van der Waals surface area contributed by atoms with Crippen molar-refractivity contribution in [1.82, 2.24) is 0 Å². The number of carbonyl (C=O) groups is 1. The maximum Gasteiger partial charge on any atom is 0.153 e. The first-order valence-corrected chi connectivity index (χ1v) is 4.54. The summed E-state index contributed by atoms with van der Waals surface area (Å²) >= 11 is 0. The zero-order valence-corrected chi connectivity index (χ0v) is 8.78. The minimum atomic E-state index is 0.504. The smallest absolute Gasteiger partial charge is 0.153 e. The number of hydrogen-bond donors (Lipinski definition) is 0. The average molecular weight is 200 g/mol. The largest absolute Gasteiger partial charge is 0.495 e. The summed E-state index contributed by atoms with van der Waals surface area (Å²) in [4.78, 5) is 10.8. The van der Waals surface area contributed by atoms with Crippen LogP contribution in [-0.4, -0.2) is 13.4 Å². The Morgan fingerprint density at radius 3 is 2.67 bits per heavy atom. The van der Waals surface area contributed by atoms with E-state index in [1.807, 2.05) is 19.1 Å². The molecule has 0 heterocycles. The SMILES string of the molecule is C#Cc1ccc(C=O)c(OC)c1/C=C\C. The van der Waals surface area contributed by atoms with Crippen LogP contribution in [0.5, 0.6) is 5.75 Å². The Morgan fingerprint density at radius 2 is 2.20 bits per heavy atom. The van der Waals surface area contributed by atoms with Gasteiger partial charge in [0, 0.05) is 11.1 Å². The van der Waals surface area contributed by atoms with Gasteiger partial charge in [0.05, 0.1) is 12.7 Å². The van der Waals surface area contributed by atoms with E-state index in [0.29, 0.717) is 11.3 Å². The van der Waals surface area contributed by atoms with Crippen LogP contribution in [0.1, 0.15) is 28.4 Å². The molecule has 0 saturated carbocycles. The second-order valence-electron chi connectivity index (χ2n) is 2.91. The van der Waals surface area contributed by atoms with Crippen molar-refractivity contribution in [3.8, 4) is 18.1 Å². The highest BCUT2D eigenvalue weighted by atomic mass is 16.5. The van der Waals surface area contributed by atoms with Crippen LogP contribution in [0.4, 0.5) is 0 Å². The number of ether oxygens (including phenoxy) is 1. The summed E-state index contributed by atoms with van der Waals surface area (Å²) in [6.45, 7) is 1.88. The van der Waals surface area contributed by atoms with Crippen LogP contribution >= 0.6 is 0 Å². The number of methoxy groups -OCH3 is 1. The van der Waals surface area contributed by atoms with E-state index in [2.05, 4.69) is 5.92 Å². The highest BCUT2D eigenvalue weighted by Crippen LogP contribution is 2.27. The summed E-state index contributed by atoms with van der Waals surface area (Å²) < 4.78 is 5.18. The van der Waals surface area contributed by atoms with Crippen LogP contribution in [0.25, 0.3) is 6.08 Å². The van der Waals surface area contributed by atoms with Crippen LogP contribution in [0.2, 0.25) is 0 Å². The van der Waals surface area contributed by atoms with Crippen molar-refractivity contribution >= 4 is 12.4 Å². The normalized spacial score (nSPS) is 9.93. The monoisotopic (exact) mass is 200 g/mol. The summed E-state index contributed by atoms with van der Waals surface area (Å²) in [5.41, 5.74) is 1.99. The molecular formula is C13H12O2. The molecule has 0 aliphatic carbocycles. The van der Waals surface area contributed by atoms with Gasteiger partial charge in [-0.3, -0.25) is 4.79 Å². The molecule has 1 aromatic rings. The fourth-order valence-electron chi connectivity index (χ4n) is 1.40. The molecule has 0 radical (unpaired) electrons. The molecule has 0 unspecified atom stereocenters. The van der Waals surface area contributed by atoms with Gasteiger partial charge in [-0.15, -0.1) is 6.42 Å². The number of hydrogen-bond acceptors (Lipinski definition) is 2.